The number of benzene rings is 2. The Kier molecular flexibility index (Phi) is 6.15. The van der Waals surface area contributed by atoms with Gasteiger partial charge in [-0.2, -0.15) is 8.78 Å². The predicted octanol–water partition coefficient (Wildman–Crippen LogP) is 5.32. The highest BCUT2D eigenvalue weighted by Gasteiger charge is 2.15. The third-order valence-corrected chi connectivity index (χ3v) is 3.99. The van der Waals surface area contributed by atoms with E-state index >= 15 is 0 Å². The fourth-order valence-corrected chi connectivity index (χ4v) is 2.76. The quantitative estimate of drug-likeness (QED) is 0.763. The number of aryl methyl sites for hydroxylation is 1. The van der Waals surface area contributed by atoms with Crippen LogP contribution >= 0.6 is 11.6 Å². The Hall–Kier alpha value is -2.14. The molecule has 0 atom stereocenters. The molecule has 2 aromatic carbocycles. The molecule has 0 aliphatic rings. The number of carbonyl (C=O) groups excluding carboxylic acids is 1. The molecule has 128 valence electrons. The number of anilines is 1. The zero-order valence-corrected chi connectivity index (χ0v) is 14.2. The van der Waals surface area contributed by atoms with Crippen molar-refractivity contribution in [2.45, 2.75) is 33.3 Å². The van der Waals surface area contributed by atoms with Crippen molar-refractivity contribution in [3.8, 4) is 5.75 Å². The molecule has 24 heavy (non-hydrogen) atoms. The first-order valence-electron chi connectivity index (χ1n) is 7.62. The molecule has 0 heterocycles. The van der Waals surface area contributed by atoms with E-state index in [0.29, 0.717) is 17.1 Å². The SMILES string of the molecule is CCc1ccc(Cl)c(CC)c1NC(=O)c1cccc(OC(F)F)c1. The number of rotatable bonds is 6. The minimum absolute atomic E-state index is 0.0600. The van der Waals surface area contributed by atoms with Gasteiger partial charge in [0.15, 0.2) is 0 Å². The van der Waals surface area contributed by atoms with Crippen molar-refractivity contribution >= 4 is 23.2 Å². The van der Waals surface area contributed by atoms with E-state index in [4.69, 9.17) is 11.6 Å². The molecule has 1 amide bonds. The van der Waals surface area contributed by atoms with E-state index < -0.39 is 12.5 Å². The van der Waals surface area contributed by atoms with Crippen LogP contribution in [0.4, 0.5) is 14.5 Å². The number of ether oxygens (including phenoxy) is 1. The van der Waals surface area contributed by atoms with Crippen molar-refractivity contribution in [2.75, 3.05) is 5.32 Å². The molecule has 2 aromatic rings. The lowest BCUT2D eigenvalue weighted by Crippen LogP contribution is -2.15. The number of hydrogen-bond donors (Lipinski definition) is 1. The van der Waals surface area contributed by atoms with Gasteiger partial charge in [0, 0.05) is 16.3 Å². The maximum atomic E-state index is 12.5. The molecule has 2 rings (SSSR count). The lowest BCUT2D eigenvalue weighted by molar-refractivity contribution is -0.0498. The molecular formula is C18H18ClF2NO2. The summed E-state index contributed by atoms with van der Waals surface area (Å²) >= 11 is 6.22. The van der Waals surface area contributed by atoms with Gasteiger partial charge in [0.05, 0.1) is 0 Å². The average molecular weight is 354 g/mol. The number of alkyl halides is 2. The van der Waals surface area contributed by atoms with Gasteiger partial charge in [-0.1, -0.05) is 37.6 Å². The predicted molar refractivity (Wildman–Crippen MR) is 91.2 cm³/mol. The molecule has 0 bridgehead atoms. The van der Waals surface area contributed by atoms with E-state index in [1.165, 1.54) is 24.3 Å². The summed E-state index contributed by atoms with van der Waals surface area (Å²) < 4.78 is 28.9. The summed E-state index contributed by atoms with van der Waals surface area (Å²) in [6.45, 7) is 0.998. The van der Waals surface area contributed by atoms with Crippen molar-refractivity contribution in [3.63, 3.8) is 0 Å². The highest BCUT2D eigenvalue weighted by molar-refractivity contribution is 6.32. The Balaban J connectivity index is 2.32. The zero-order chi connectivity index (χ0) is 17.7. The van der Waals surface area contributed by atoms with E-state index in [-0.39, 0.29) is 11.3 Å². The summed E-state index contributed by atoms with van der Waals surface area (Å²) in [7, 11) is 0. The first-order chi connectivity index (χ1) is 11.5. The van der Waals surface area contributed by atoms with Crippen LogP contribution in [-0.4, -0.2) is 12.5 Å². The van der Waals surface area contributed by atoms with Crippen molar-refractivity contribution < 1.29 is 18.3 Å². The normalized spacial score (nSPS) is 10.8. The van der Waals surface area contributed by atoms with E-state index in [9.17, 15) is 13.6 Å². The largest absolute Gasteiger partial charge is 0.435 e. The first kappa shape index (κ1) is 18.2. The van der Waals surface area contributed by atoms with Crippen LogP contribution in [0.2, 0.25) is 5.02 Å². The van der Waals surface area contributed by atoms with Crippen molar-refractivity contribution in [2.24, 2.45) is 0 Å². The van der Waals surface area contributed by atoms with E-state index in [1.54, 1.807) is 0 Å². The standard InChI is InChI=1S/C18H18ClF2NO2/c1-3-11-8-9-15(19)14(4-2)16(11)22-17(23)12-6-5-7-13(10-12)24-18(20)21/h5-10,18H,3-4H2,1-2H3,(H,22,23). The van der Waals surface area contributed by atoms with Crippen LogP contribution in [0.1, 0.15) is 35.3 Å². The second-order valence-electron chi connectivity index (χ2n) is 5.13. The average Bonchev–Trinajstić information content (AvgIpc) is 2.55. The molecule has 0 saturated carbocycles. The lowest BCUT2D eigenvalue weighted by atomic mass is 10.0. The van der Waals surface area contributed by atoms with Crippen LogP contribution in [0.3, 0.4) is 0 Å². The van der Waals surface area contributed by atoms with Gasteiger partial charge >= 0.3 is 6.61 Å². The maximum Gasteiger partial charge on any atom is 0.387 e. The molecule has 6 heteroatoms. The van der Waals surface area contributed by atoms with Gasteiger partial charge in [-0.05, 0) is 48.2 Å². The monoisotopic (exact) mass is 353 g/mol. The van der Waals surface area contributed by atoms with Crippen LogP contribution in [0.5, 0.6) is 5.75 Å². The zero-order valence-electron chi connectivity index (χ0n) is 13.4. The van der Waals surface area contributed by atoms with Gasteiger partial charge in [0.2, 0.25) is 0 Å². The summed E-state index contributed by atoms with van der Waals surface area (Å²) in [6, 6.07) is 9.36. The molecule has 1 N–H and O–H groups in total. The molecule has 0 aromatic heterocycles. The highest BCUT2D eigenvalue weighted by atomic mass is 35.5. The van der Waals surface area contributed by atoms with Crippen molar-refractivity contribution in [3.05, 3.63) is 58.1 Å². The first-order valence-corrected chi connectivity index (χ1v) is 8.00. The van der Waals surface area contributed by atoms with Gasteiger partial charge in [0.1, 0.15) is 5.75 Å². The number of amides is 1. The number of nitrogens with one attached hydrogen (secondary N) is 1. The summed E-state index contributed by atoms with van der Waals surface area (Å²) in [6.07, 6.45) is 1.39. The second kappa shape index (κ2) is 8.11. The van der Waals surface area contributed by atoms with Crippen LogP contribution in [0.15, 0.2) is 36.4 Å². The smallest absolute Gasteiger partial charge is 0.387 e. The van der Waals surface area contributed by atoms with Gasteiger partial charge in [-0.25, -0.2) is 0 Å². The Bertz CT molecular complexity index is 735. The van der Waals surface area contributed by atoms with Gasteiger partial charge in [-0.3, -0.25) is 4.79 Å². The fourth-order valence-electron chi connectivity index (χ4n) is 2.47. The summed E-state index contributed by atoms with van der Waals surface area (Å²) in [5.41, 5.74) is 2.73. The lowest BCUT2D eigenvalue weighted by Gasteiger charge is -2.16. The van der Waals surface area contributed by atoms with E-state index in [2.05, 4.69) is 10.1 Å². The van der Waals surface area contributed by atoms with E-state index in [0.717, 1.165) is 17.5 Å². The molecule has 0 fully saturated rings. The van der Waals surface area contributed by atoms with E-state index in [1.807, 2.05) is 26.0 Å². The number of halogens is 3. The Morgan fingerprint density at radius 2 is 1.96 bits per heavy atom. The molecule has 0 aliphatic carbocycles. The summed E-state index contributed by atoms with van der Waals surface area (Å²) in [4.78, 5) is 12.5. The molecule has 0 spiro atoms. The molecular weight excluding hydrogens is 336 g/mol. The number of hydrogen-bond acceptors (Lipinski definition) is 2. The van der Waals surface area contributed by atoms with Crippen molar-refractivity contribution in [1.29, 1.82) is 0 Å². The minimum Gasteiger partial charge on any atom is -0.435 e. The summed E-state index contributed by atoms with van der Waals surface area (Å²) in [5.74, 6) is -0.462. The molecule has 0 radical (unpaired) electrons. The molecule has 0 aliphatic heterocycles. The van der Waals surface area contributed by atoms with Crippen molar-refractivity contribution in [1.82, 2.24) is 0 Å². The Morgan fingerprint density at radius 3 is 2.58 bits per heavy atom. The molecule has 0 saturated heterocycles. The Labute approximate surface area is 144 Å². The highest BCUT2D eigenvalue weighted by Crippen LogP contribution is 2.30. The Morgan fingerprint density at radius 1 is 1.21 bits per heavy atom. The van der Waals surface area contributed by atoms with Gasteiger partial charge in [-0.15, -0.1) is 0 Å². The molecule has 0 unspecified atom stereocenters. The second-order valence-corrected chi connectivity index (χ2v) is 5.53. The van der Waals surface area contributed by atoms with Gasteiger partial charge < -0.3 is 10.1 Å². The molecule has 3 nitrogen and oxygen atoms in total. The maximum absolute atomic E-state index is 12.5. The fraction of sp³-hybridized carbons (Fsp3) is 0.278. The topological polar surface area (TPSA) is 38.3 Å². The summed E-state index contributed by atoms with van der Waals surface area (Å²) in [5, 5.41) is 3.44. The third kappa shape index (κ3) is 4.23. The van der Waals surface area contributed by atoms with Crippen LogP contribution in [-0.2, 0) is 12.8 Å². The number of carbonyl (C=O) groups is 1. The van der Waals surface area contributed by atoms with Crippen LogP contribution in [0.25, 0.3) is 0 Å². The van der Waals surface area contributed by atoms with Gasteiger partial charge in [0.25, 0.3) is 5.91 Å². The van der Waals surface area contributed by atoms with Crippen LogP contribution < -0.4 is 10.1 Å². The minimum atomic E-state index is -2.94. The van der Waals surface area contributed by atoms with Crippen LogP contribution in [0, 0.1) is 0 Å². The third-order valence-electron chi connectivity index (χ3n) is 3.64.